The molecule has 0 radical (unpaired) electrons. The number of carbonyl (C=O) groups is 1. The predicted molar refractivity (Wildman–Crippen MR) is 77.3 cm³/mol. The number of aromatic carboxylic acids is 1. The lowest BCUT2D eigenvalue weighted by Gasteiger charge is -2.35. The minimum absolute atomic E-state index is 0.0576. The maximum absolute atomic E-state index is 11.1. The van der Waals surface area contributed by atoms with E-state index in [9.17, 15) is 9.90 Å². The molecule has 0 bridgehead atoms. The summed E-state index contributed by atoms with van der Waals surface area (Å²) in [6.07, 6.45) is 3.38. The topological polar surface area (TPSA) is 82.5 Å². The zero-order valence-electron chi connectivity index (χ0n) is 11.4. The summed E-state index contributed by atoms with van der Waals surface area (Å²) < 4.78 is 0. The van der Waals surface area contributed by atoms with Crippen LogP contribution in [-0.2, 0) is 0 Å². The van der Waals surface area contributed by atoms with Gasteiger partial charge in [0.05, 0.1) is 5.60 Å². The van der Waals surface area contributed by atoms with E-state index in [2.05, 4.69) is 17.2 Å². The normalized spacial score (nSPS) is 26.2. The molecule has 0 aromatic carbocycles. The highest BCUT2D eigenvalue weighted by Crippen LogP contribution is 2.32. The van der Waals surface area contributed by atoms with Crippen LogP contribution in [0.1, 0.15) is 43.0 Å². The predicted octanol–water partition coefficient (Wildman–Crippen LogP) is 2.79. The number of hydrogen-bond donors (Lipinski definition) is 3. The minimum atomic E-state index is -1.07. The van der Waals surface area contributed by atoms with E-state index in [4.69, 9.17) is 16.7 Å². The molecule has 0 spiro atoms. The molecular formula is C14H19ClN2O3. The molecule has 1 aromatic rings. The molecule has 0 saturated heterocycles. The molecule has 0 atom stereocenters. The average molecular weight is 299 g/mol. The van der Waals surface area contributed by atoms with Gasteiger partial charge in [-0.05, 0) is 43.7 Å². The Bertz CT molecular complexity index is 499. The van der Waals surface area contributed by atoms with Crippen LogP contribution in [0.2, 0.25) is 5.15 Å². The van der Waals surface area contributed by atoms with Crippen molar-refractivity contribution in [3.8, 4) is 0 Å². The number of carboxylic acid groups (broad SMARTS) is 1. The Kier molecular flexibility index (Phi) is 4.50. The number of nitrogens with zero attached hydrogens (tertiary/aromatic N) is 1. The number of pyridine rings is 1. The highest BCUT2D eigenvalue weighted by atomic mass is 35.5. The summed E-state index contributed by atoms with van der Waals surface area (Å²) in [5, 5.41) is 22.7. The zero-order chi connectivity index (χ0) is 14.8. The molecule has 110 valence electrons. The summed E-state index contributed by atoms with van der Waals surface area (Å²) in [7, 11) is 0. The molecular weight excluding hydrogens is 280 g/mol. The average Bonchev–Trinajstić information content (AvgIpc) is 2.40. The van der Waals surface area contributed by atoms with Crippen LogP contribution in [0, 0.1) is 5.92 Å². The monoisotopic (exact) mass is 298 g/mol. The molecule has 0 aliphatic heterocycles. The van der Waals surface area contributed by atoms with Crippen LogP contribution in [0.4, 0.5) is 5.82 Å². The molecule has 2 rings (SSSR count). The second kappa shape index (κ2) is 5.97. The van der Waals surface area contributed by atoms with Crippen LogP contribution in [0.15, 0.2) is 12.1 Å². The SMILES string of the molecule is CC1CCC(O)(CNc2nc(Cl)ccc2C(=O)O)CC1. The van der Waals surface area contributed by atoms with E-state index in [0.717, 1.165) is 12.8 Å². The summed E-state index contributed by atoms with van der Waals surface area (Å²) in [6.45, 7) is 2.46. The second-order valence-electron chi connectivity index (χ2n) is 5.60. The van der Waals surface area contributed by atoms with Gasteiger partial charge < -0.3 is 15.5 Å². The first-order valence-corrected chi connectivity index (χ1v) is 7.13. The smallest absolute Gasteiger partial charge is 0.339 e. The van der Waals surface area contributed by atoms with E-state index in [0.29, 0.717) is 18.8 Å². The van der Waals surface area contributed by atoms with Crippen molar-refractivity contribution in [3.63, 3.8) is 0 Å². The molecule has 1 fully saturated rings. The summed E-state index contributed by atoms with van der Waals surface area (Å²) >= 11 is 5.79. The molecule has 5 nitrogen and oxygen atoms in total. The van der Waals surface area contributed by atoms with Gasteiger partial charge in [0.25, 0.3) is 0 Å². The Balaban J connectivity index is 2.07. The van der Waals surface area contributed by atoms with E-state index < -0.39 is 11.6 Å². The van der Waals surface area contributed by atoms with Crippen LogP contribution in [0.3, 0.4) is 0 Å². The first-order chi connectivity index (χ1) is 9.39. The van der Waals surface area contributed by atoms with Crippen molar-refractivity contribution in [2.45, 2.75) is 38.2 Å². The van der Waals surface area contributed by atoms with E-state index in [1.165, 1.54) is 12.1 Å². The third-order valence-electron chi connectivity index (χ3n) is 3.88. The van der Waals surface area contributed by atoms with Crippen molar-refractivity contribution in [2.24, 2.45) is 5.92 Å². The van der Waals surface area contributed by atoms with E-state index in [-0.39, 0.29) is 23.1 Å². The third kappa shape index (κ3) is 3.61. The third-order valence-corrected chi connectivity index (χ3v) is 4.09. The standard InChI is InChI=1S/C14H19ClN2O3/c1-9-4-6-14(20,7-5-9)8-16-12-10(13(18)19)2-3-11(15)17-12/h2-3,9,20H,4-8H2,1H3,(H,16,17)(H,18,19). The van der Waals surface area contributed by atoms with Crippen molar-refractivity contribution < 1.29 is 15.0 Å². The Labute approximate surface area is 123 Å². The number of carboxylic acids is 1. The van der Waals surface area contributed by atoms with Crippen molar-refractivity contribution >= 4 is 23.4 Å². The van der Waals surface area contributed by atoms with Crippen molar-refractivity contribution in [3.05, 3.63) is 22.8 Å². The maximum Gasteiger partial charge on any atom is 0.339 e. The van der Waals surface area contributed by atoms with Crippen molar-refractivity contribution in [1.82, 2.24) is 4.98 Å². The second-order valence-corrected chi connectivity index (χ2v) is 5.98. The van der Waals surface area contributed by atoms with Gasteiger partial charge in [0.1, 0.15) is 16.5 Å². The first-order valence-electron chi connectivity index (χ1n) is 6.76. The molecule has 20 heavy (non-hydrogen) atoms. The van der Waals surface area contributed by atoms with Gasteiger partial charge in [-0.25, -0.2) is 9.78 Å². The molecule has 1 heterocycles. The molecule has 1 aromatic heterocycles. The number of nitrogens with one attached hydrogen (secondary N) is 1. The number of rotatable bonds is 4. The van der Waals surface area contributed by atoms with Gasteiger partial charge in [-0.15, -0.1) is 0 Å². The van der Waals surface area contributed by atoms with Gasteiger partial charge >= 0.3 is 5.97 Å². The quantitative estimate of drug-likeness (QED) is 0.745. The summed E-state index contributed by atoms with van der Waals surface area (Å²) in [5.74, 6) is -0.230. The van der Waals surface area contributed by atoms with E-state index >= 15 is 0 Å². The van der Waals surface area contributed by atoms with Crippen LogP contribution in [0.5, 0.6) is 0 Å². The number of anilines is 1. The molecule has 1 saturated carbocycles. The van der Waals surface area contributed by atoms with Crippen LogP contribution in [0.25, 0.3) is 0 Å². The van der Waals surface area contributed by atoms with Crippen molar-refractivity contribution in [2.75, 3.05) is 11.9 Å². The Morgan fingerprint density at radius 2 is 2.15 bits per heavy atom. The van der Waals surface area contributed by atoms with Crippen molar-refractivity contribution in [1.29, 1.82) is 0 Å². The maximum atomic E-state index is 11.1. The van der Waals surface area contributed by atoms with Crippen LogP contribution in [-0.4, -0.2) is 33.3 Å². The molecule has 0 unspecified atom stereocenters. The number of aliphatic hydroxyl groups is 1. The molecule has 1 aliphatic carbocycles. The Morgan fingerprint density at radius 1 is 1.50 bits per heavy atom. The first kappa shape index (κ1) is 15.1. The van der Waals surface area contributed by atoms with Gasteiger partial charge in [0.15, 0.2) is 0 Å². The highest BCUT2D eigenvalue weighted by Gasteiger charge is 2.32. The zero-order valence-corrected chi connectivity index (χ0v) is 12.2. The molecule has 6 heteroatoms. The minimum Gasteiger partial charge on any atom is -0.478 e. The Hall–Kier alpha value is -1.33. The van der Waals surface area contributed by atoms with Gasteiger partial charge in [0.2, 0.25) is 0 Å². The summed E-state index contributed by atoms with van der Waals surface area (Å²) in [5.41, 5.74) is -0.742. The van der Waals surface area contributed by atoms with Gasteiger partial charge in [-0.2, -0.15) is 0 Å². The Morgan fingerprint density at radius 3 is 2.75 bits per heavy atom. The highest BCUT2D eigenvalue weighted by molar-refractivity contribution is 6.29. The van der Waals surface area contributed by atoms with Crippen LogP contribution < -0.4 is 5.32 Å². The van der Waals surface area contributed by atoms with E-state index in [1.54, 1.807) is 0 Å². The van der Waals surface area contributed by atoms with Crippen LogP contribution >= 0.6 is 11.6 Å². The number of hydrogen-bond acceptors (Lipinski definition) is 4. The molecule has 1 aliphatic rings. The lowest BCUT2D eigenvalue weighted by molar-refractivity contribution is 0.00490. The number of halogens is 1. The lowest BCUT2D eigenvalue weighted by Crippen LogP contribution is -2.40. The number of aromatic nitrogens is 1. The largest absolute Gasteiger partial charge is 0.478 e. The molecule has 3 N–H and O–H groups in total. The lowest BCUT2D eigenvalue weighted by atomic mass is 9.79. The fourth-order valence-corrected chi connectivity index (χ4v) is 2.61. The van der Waals surface area contributed by atoms with Gasteiger partial charge in [-0.1, -0.05) is 18.5 Å². The fraction of sp³-hybridized carbons (Fsp3) is 0.571. The molecule has 0 amide bonds. The summed E-state index contributed by atoms with van der Waals surface area (Å²) in [4.78, 5) is 15.1. The van der Waals surface area contributed by atoms with E-state index in [1.807, 2.05) is 0 Å². The van der Waals surface area contributed by atoms with Gasteiger partial charge in [0, 0.05) is 6.54 Å². The fourth-order valence-electron chi connectivity index (χ4n) is 2.47. The van der Waals surface area contributed by atoms with Gasteiger partial charge in [-0.3, -0.25) is 0 Å². The summed E-state index contributed by atoms with van der Waals surface area (Å²) in [6, 6.07) is 2.85.